The van der Waals surface area contributed by atoms with Crippen molar-refractivity contribution in [2.24, 2.45) is 0 Å². The number of fused-ring (bicyclic) bond motifs is 1. The molecule has 96 valence electrons. The first-order chi connectivity index (χ1) is 9.24. The van der Waals surface area contributed by atoms with E-state index in [2.05, 4.69) is 9.97 Å². The zero-order valence-electron chi connectivity index (χ0n) is 9.86. The van der Waals surface area contributed by atoms with Crippen molar-refractivity contribution in [2.75, 3.05) is 0 Å². The van der Waals surface area contributed by atoms with Crippen LogP contribution in [0.4, 0.5) is 8.78 Å². The highest BCUT2D eigenvalue weighted by Crippen LogP contribution is 2.24. The van der Waals surface area contributed by atoms with Crippen LogP contribution < -0.4 is 0 Å². The monoisotopic (exact) mass is 276 g/mol. The van der Waals surface area contributed by atoms with Gasteiger partial charge in [0.15, 0.2) is 11.6 Å². The van der Waals surface area contributed by atoms with Crippen molar-refractivity contribution in [1.82, 2.24) is 9.97 Å². The summed E-state index contributed by atoms with van der Waals surface area (Å²) in [5, 5.41) is 0. The van der Waals surface area contributed by atoms with Crippen LogP contribution in [-0.2, 0) is 5.75 Å². The molecule has 0 spiro atoms. The van der Waals surface area contributed by atoms with Crippen molar-refractivity contribution in [3.05, 3.63) is 59.9 Å². The summed E-state index contributed by atoms with van der Waals surface area (Å²) in [6, 6.07) is 12.4. The summed E-state index contributed by atoms with van der Waals surface area (Å²) in [5.74, 6) is -0.556. The minimum absolute atomic E-state index is 0.0589. The number of thioether (sulfide) groups is 1. The summed E-state index contributed by atoms with van der Waals surface area (Å²) < 4.78 is 26.6. The van der Waals surface area contributed by atoms with Gasteiger partial charge in [0.25, 0.3) is 0 Å². The second kappa shape index (κ2) is 5.01. The zero-order valence-corrected chi connectivity index (χ0v) is 10.7. The molecule has 1 N–H and O–H groups in total. The van der Waals surface area contributed by atoms with Gasteiger partial charge in [-0.25, -0.2) is 13.8 Å². The van der Waals surface area contributed by atoms with Crippen LogP contribution >= 0.6 is 11.8 Å². The number of rotatable bonds is 3. The van der Waals surface area contributed by atoms with Crippen LogP contribution in [-0.4, -0.2) is 9.97 Å². The molecule has 0 aliphatic rings. The number of imidazole rings is 1. The van der Waals surface area contributed by atoms with Crippen molar-refractivity contribution in [3.8, 4) is 0 Å². The van der Waals surface area contributed by atoms with Gasteiger partial charge in [-0.2, -0.15) is 0 Å². The molecular formula is C14H10F2N2S. The number of nitrogens with one attached hydrogen (secondary N) is 1. The van der Waals surface area contributed by atoms with E-state index >= 15 is 0 Å². The van der Waals surface area contributed by atoms with Crippen LogP contribution in [0.15, 0.2) is 47.4 Å². The van der Waals surface area contributed by atoms with Gasteiger partial charge in [-0.1, -0.05) is 18.2 Å². The molecule has 0 saturated carbocycles. The number of H-pyrrole nitrogens is 1. The van der Waals surface area contributed by atoms with E-state index in [0.29, 0.717) is 17.1 Å². The lowest BCUT2D eigenvalue weighted by molar-refractivity contribution is 0.515. The molecule has 0 aliphatic heterocycles. The molecule has 0 atom stereocenters. The first-order valence-corrected chi connectivity index (χ1v) is 6.73. The van der Waals surface area contributed by atoms with E-state index in [9.17, 15) is 8.78 Å². The van der Waals surface area contributed by atoms with Gasteiger partial charge in [-0.15, -0.1) is 11.8 Å². The van der Waals surface area contributed by atoms with Gasteiger partial charge in [0.05, 0.1) is 11.3 Å². The van der Waals surface area contributed by atoms with Crippen LogP contribution in [0.25, 0.3) is 11.0 Å². The third-order valence-corrected chi connectivity index (χ3v) is 3.74. The first-order valence-electron chi connectivity index (χ1n) is 5.74. The van der Waals surface area contributed by atoms with Crippen molar-refractivity contribution >= 4 is 22.8 Å². The number of hydrogen-bond acceptors (Lipinski definition) is 2. The highest BCUT2D eigenvalue weighted by molar-refractivity contribution is 7.98. The Kier molecular flexibility index (Phi) is 3.21. The number of aromatic amines is 1. The molecule has 19 heavy (non-hydrogen) atoms. The Balaban J connectivity index is 1.84. The largest absolute Gasteiger partial charge is 0.341 e. The van der Waals surface area contributed by atoms with E-state index in [1.165, 1.54) is 6.07 Å². The molecule has 0 bridgehead atoms. The minimum Gasteiger partial charge on any atom is -0.341 e. The third kappa shape index (κ3) is 2.46. The normalized spacial score (nSPS) is 11.1. The lowest BCUT2D eigenvalue weighted by Gasteiger charge is -1.97. The summed E-state index contributed by atoms with van der Waals surface area (Å²) in [6.07, 6.45) is 0. The average molecular weight is 276 g/mol. The van der Waals surface area contributed by atoms with E-state index < -0.39 is 11.6 Å². The molecule has 0 amide bonds. The second-order valence-electron chi connectivity index (χ2n) is 4.04. The quantitative estimate of drug-likeness (QED) is 0.728. The Morgan fingerprint density at radius 1 is 1.05 bits per heavy atom. The highest BCUT2D eigenvalue weighted by atomic mass is 32.2. The van der Waals surface area contributed by atoms with Crippen molar-refractivity contribution in [3.63, 3.8) is 0 Å². The van der Waals surface area contributed by atoms with Gasteiger partial charge < -0.3 is 4.98 Å². The van der Waals surface area contributed by atoms with Crippen LogP contribution in [0.3, 0.4) is 0 Å². The molecular weight excluding hydrogens is 266 g/mol. The van der Waals surface area contributed by atoms with E-state index in [-0.39, 0.29) is 5.52 Å². The predicted molar refractivity (Wildman–Crippen MR) is 72.0 cm³/mol. The zero-order chi connectivity index (χ0) is 13.2. The fourth-order valence-electron chi connectivity index (χ4n) is 1.81. The van der Waals surface area contributed by atoms with Gasteiger partial charge >= 0.3 is 0 Å². The van der Waals surface area contributed by atoms with E-state index in [0.717, 1.165) is 11.0 Å². The summed E-state index contributed by atoms with van der Waals surface area (Å²) in [6.45, 7) is 0. The predicted octanol–water partition coefficient (Wildman–Crippen LogP) is 4.13. The Morgan fingerprint density at radius 2 is 1.84 bits per heavy atom. The number of benzene rings is 2. The Hall–Kier alpha value is -1.88. The third-order valence-electron chi connectivity index (χ3n) is 2.71. The molecule has 1 heterocycles. The number of nitrogens with zero attached hydrogens (tertiary/aromatic N) is 1. The van der Waals surface area contributed by atoms with Crippen molar-refractivity contribution in [2.45, 2.75) is 10.6 Å². The van der Waals surface area contributed by atoms with Crippen molar-refractivity contribution < 1.29 is 8.78 Å². The molecule has 3 aromatic rings. The van der Waals surface area contributed by atoms with E-state index in [1.54, 1.807) is 11.8 Å². The van der Waals surface area contributed by atoms with Gasteiger partial charge in [0.2, 0.25) is 0 Å². The van der Waals surface area contributed by atoms with Crippen LogP contribution in [0, 0.1) is 11.6 Å². The lowest BCUT2D eigenvalue weighted by Crippen LogP contribution is -1.85. The number of aromatic nitrogens is 2. The number of halogens is 2. The van der Waals surface area contributed by atoms with E-state index in [4.69, 9.17) is 0 Å². The van der Waals surface area contributed by atoms with Gasteiger partial charge in [-0.05, 0) is 24.3 Å². The smallest absolute Gasteiger partial charge is 0.186 e. The van der Waals surface area contributed by atoms with Crippen LogP contribution in [0.2, 0.25) is 0 Å². The Labute approximate surface area is 112 Å². The standard InChI is InChI=1S/C14H10F2N2S/c15-10-6-7-11-14(13(10)16)18-12(17-11)8-19-9-4-2-1-3-5-9/h1-7H,8H2,(H,17,18). The first kappa shape index (κ1) is 12.2. The topological polar surface area (TPSA) is 28.7 Å². The Bertz CT molecular complexity index is 710. The summed E-state index contributed by atoms with van der Waals surface area (Å²) in [5.41, 5.74) is 0.575. The minimum atomic E-state index is -0.898. The molecule has 0 saturated heterocycles. The second-order valence-corrected chi connectivity index (χ2v) is 5.09. The molecule has 2 nitrogen and oxygen atoms in total. The van der Waals surface area contributed by atoms with Crippen LogP contribution in [0.5, 0.6) is 0 Å². The molecule has 0 fully saturated rings. The highest BCUT2D eigenvalue weighted by Gasteiger charge is 2.11. The maximum absolute atomic E-state index is 13.5. The molecule has 5 heteroatoms. The molecule has 0 unspecified atom stereocenters. The average Bonchev–Trinajstić information content (AvgIpc) is 2.86. The molecule has 3 rings (SSSR count). The maximum atomic E-state index is 13.5. The summed E-state index contributed by atoms with van der Waals surface area (Å²) >= 11 is 1.59. The SMILES string of the molecule is Fc1ccc2[nH]c(CSc3ccccc3)nc2c1F. The molecule has 2 aromatic carbocycles. The van der Waals surface area contributed by atoms with Gasteiger partial charge in [0.1, 0.15) is 11.3 Å². The fourth-order valence-corrected chi connectivity index (χ4v) is 2.59. The van der Waals surface area contributed by atoms with E-state index in [1.807, 2.05) is 30.3 Å². The van der Waals surface area contributed by atoms with Crippen molar-refractivity contribution in [1.29, 1.82) is 0 Å². The summed E-state index contributed by atoms with van der Waals surface area (Å²) in [7, 11) is 0. The number of hydrogen-bond donors (Lipinski definition) is 1. The summed E-state index contributed by atoms with van der Waals surface area (Å²) in [4.78, 5) is 8.20. The fraction of sp³-hybridized carbons (Fsp3) is 0.0714. The van der Waals surface area contributed by atoms with Gasteiger partial charge in [0, 0.05) is 4.90 Å². The maximum Gasteiger partial charge on any atom is 0.186 e. The molecule has 0 aliphatic carbocycles. The Morgan fingerprint density at radius 3 is 2.63 bits per heavy atom. The molecule has 1 aromatic heterocycles. The van der Waals surface area contributed by atoms with Crippen LogP contribution in [0.1, 0.15) is 5.82 Å². The molecule has 0 radical (unpaired) electrons. The lowest BCUT2D eigenvalue weighted by atomic mass is 10.3. The van der Waals surface area contributed by atoms with Gasteiger partial charge in [-0.3, -0.25) is 0 Å².